The minimum absolute atomic E-state index is 0.0724. The summed E-state index contributed by atoms with van der Waals surface area (Å²) >= 11 is 0. The minimum atomic E-state index is -4.95. The highest BCUT2D eigenvalue weighted by molar-refractivity contribution is 5.91. The van der Waals surface area contributed by atoms with E-state index >= 15 is 0 Å². The Morgan fingerprint density at radius 1 is 1.09 bits per heavy atom. The first-order valence-corrected chi connectivity index (χ1v) is 10.6. The molecule has 2 atom stereocenters. The Kier molecular flexibility index (Phi) is 7.44. The standard InChI is InChI=1S/C23H24F6N2O4/c1-4-35-21(33)31-12(2)5-17(16-9-19(32)20(34-3)10-18(16)31)30-11-13-6-14(22(24,25)26)8-15(7-13)23(27,28)29/h6-10,12,17,30,32H,4-5,11H2,1-3H3/t12-,17+/m1/s1. The largest absolute Gasteiger partial charge is 0.504 e. The molecule has 0 fully saturated rings. The number of nitrogens with zero attached hydrogens (tertiary/aromatic N) is 1. The van der Waals surface area contributed by atoms with Gasteiger partial charge >= 0.3 is 18.4 Å². The Morgan fingerprint density at radius 3 is 2.20 bits per heavy atom. The van der Waals surface area contributed by atoms with Gasteiger partial charge in [0.1, 0.15) is 0 Å². The number of benzene rings is 2. The van der Waals surface area contributed by atoms with E-state index in [0.29, 0.717) is 23.4 Å². The Labute approximate surface area is 197 Å². The topological polar surface area (TPSA) is 71.0 Å². The molecule has 0 bridgehead atoms. The number of phenols is 1. The van der Waals surface area contributed by atoms with E-state index in [9.17, 15) is 36.2 Å². The fourth-order valence-electron chi connectivity index (χ4n) is 4.06. The number of hydrogen-bond acceptors (Lipinski definition) is 5. The molecule has 3 rings (SSSR count). The molecular weight excluding hydrogens is 482 g/mol. The van der Waals surface area contributed by atoms with Gasteiger partial charge in [0.25, 0.3) is 0 Å². The lowest BCUT2D eigenvalue weighted by Crippen LogP contribution is -2.45. The predicted octanol–water partition coefficient (Wildman–Crippen LogP) is 6.02. The molecule has 0 unspecified atom stereocenters. The zero-order chi connectivity index (χ0) is 26.1. The second kappa shape index (κ2) is 9.84. The maximum atomic E-state index is 13.2. The number of phenolic OH excluding ortho intramolecular Hbond substituents is 1. The zero-order valence-corrected chi connectivity index (χ0v) is 19.0. The lowest BCUT2D eigenvalue weighted by molar-refractivity contribution is -0.143. The fourth-order valence-corrected chi connectivity index (χ4v) is 4.06. The number of alkyl halides is 6. The summed E-state index contributed by atoms with van der Waals surface area (Å²) < 4.78 is 89.4. The molecule has 2 N–H and O–H groups in total. The fraction of sp³-hybridized carbons (Fsp3) is 0.435. The number of rotatable bonds is 5. The number of fused-ring (bicyclic) bond motifs is 1. The van der Waals surface area contributed by atoms with Gasteiger partial charge in [-0.15, -0.1) is 0 Å². The van der Waals surface area contributed by atoms with Crippen LogP contribution in [-0.2, 0) is 23.6 Å². The third kappa shape index (κ3) is 5.75. The summed E-state index contributed by atoms with van der Waals surface area (Å²) in [7, 11) is 1.32. The highest BCUT2D eigenvalue weighted by Crippen LogP contribution is 2.44. The van der Waals surface area contributed by atoms with Crippen LogP contribution in [0.1, 0.15) is 48.6 Å². The van der Waals surface area contributed by atoms with E-state index in [0.717, 1.165) is 0 Å². The van der Waals surface area contributed by atoms with Crippen LogP contribution in [0.25, 0.3) is 0 Å². The van der Waals surface area contributed by atoms with E-state index in [4.69, 9.17) is 9.47 Å². The first kappa shape index (κ1) is 26.5. The SMILES string of the molecule is CCOC(=O)N1c2cc(OC)c(O)cc2[C@@H](NCc2cc(C(F)(F)F)cc(C(F)(F)F)c2)C[C@H]1C. The van der Waals surface area contributed by atoms with Crippen LogP contribution in [-0.4, -0.2) is 31.0 Å². The van der Waals surface area contributed by atoms with Crippen LogP contribution in [0.5, 0.6) is 11.5 Å². The first-order chi connectivity index (χ1) is 16.3. The van der Waals surface area contributed by atoms with Crippen molar-refractivity contribution in [1.82, 2.24) is 5.32 Å². The molecule has 2 aromatic rings. The molecule has 0 saturated carbocycles. The second-order valence-electron chi connectivity index (χ2n) is 8.08. The molecule has 1 aliphatic heterocycles. The number of carbonyl (C=O) groups is 1. The molecule has 2 aromatic carbocycles. The van der Waals surface area contributed by atoms with Crippen LogP contribution in [0, 0.1) is 0 Å². The van der Waals surface area contributed by atoms with E-state index in [-0.39, 0.29) is 42.7 Å². The van der Waals surface area contributed by atoms with Gasteiger partial charge in [0, 0.05) is 24.7 Å². The minimum Gasteiger partial charge on any atom is -0.504 e. The maximum Gasteiger partial charge on any atom is 0.416 e. The molecule has 0 aromatic heterocycles. The molecule has 1 aliphatic rings. The lowest BCUT2D eigenvalue weighted by Gasteiger charge is -2.39. The molecule has 0 aliphatic carbocycles. The molecule has 1 amide bonds. The van der Waals surface area contributed by atoms with E-state index in [2.05, 4.69) is 5.32 Å². The highest BCUT2D eigenvalue weighted by atomic mass is 19.4. The van der Waals surface area contributed by atoms with Gasteiger partial charge in [-0.25, -0.2) is 4.79 Å². The number of aromatic hydroxyl groups is 1. The number of amides is 1. The van der Waals surface area contributed by atoms with Crippen molar-refractivity contribution < 1.29 is 45.7 Å². The van der Waals surface area contributed by atoms with Crippen molar-refractivity contribution in [2.45, 2.75) is 51.2 Å². The van der Waals surface area contributed by atoms with Crippen molar-refractivity contribution in [3.05, 3.63) is 52.6 Å². The molecule has 0 saturated heterocycles. The van der Waals surface area contributed by atoms with Gasteiger partial charge in [-0.1, -0.05) is 0 Å². The van der Waals surface area contributed by atoms with Crippen molar-refractivity contribution in [3.8, 4) is 11.5 Å². The third-order valence-corrected chi connectivity index (χ3v) is 5.65. The maximum absolute atomic E-state index is 13.2. The van der Waals surface area contributed by atoms with Crippen molar-refractivity contribution in [1.29, 1.82) is 0 Å². The molecule has 0 spiro atoms. The van der Waals surface area contributed by atoms with Gasteiger partial charge in [-0.2, -0.15) is 26.3 Å². The third-order valence-electron chi connectivity index (χ3n) is 5.65. The normalized spacial score (nSPS) is 18.3. The summed E-state index contributed by atoms with van der Waals surface area (Å²) in [6.07, 6.45) is -10.3. The predicted molar refractivity (Wildman–Crippen MR) is 114 cm³/mol. The van der Waals surface area contributed by atoms with Crippen LogP contribution in [0.2, 0.25) is 0 Å². The molecule has 0 radical (unpaired) electrons. The van der Waals surface area contributed by atoms with E-state index in [1.807, 2.05) is 0 Å². The zero-order valence-electron chi connectivity index (χ0n) is 19.0. The number of nitrogens with one attached hydrogen (secondary N) is 1. The summed E-state index contributed by atoms with van der Waals surface area (Å²) in [6.45, 7) is 3.15. The number of anilines is 1. The monoisotopic (exact) mass is 506 g/mol. The van der Waals surface area contributed by atoms with E-state index in [1.165, 1.54) is 24.1 Å². The van der Waals surface area contributed by atoms with Gasteiger partial charge < -0.3 is 19.9 Å². The second-order valence-corrected chi connectivity index (χ2v) is 8.08. The quantitative estimate of drug-likeness (QED) is 0.485. The Hall–Kier alpha value is -3.15. The smallest absolute Gasteiger partial charge is 0.416 e. The average molecular weight is 506 g/mol. The molecule has 1 heterocycles. The van der Waals surface area contributed by atoms with Crippen molar-refractivity contribution in [3.63, 3.8) is 0 Å². The molecule has 12 heteroatoms. The van der Waals surface area contributed by atoms with Gasteiger partial charge in [0.2, 0.25) is 0 Å². The van der Waals surface area contributed by atoms with Crippen molar-refractivity contribution >= 4 is 11.8 Å². The Morgan fingerprint density at radius 2 is 1.69 bits per heavy atom. The van der Waals surface area contributed by atoms with E-state index < -0.39 is 41.7 Å². The van der Waals surface area contributed by atoms with Gasteiger partial charge in [-0.05, 0) is 55.7 Å². The molecule has 192 valence electrons. The summed E-state index contributed by atoms with van der Waals surface area (Å²) in [4.78, 5) is 13.9. The number of ether oxygens (including phenoxy) is 2. The van der Waals surface area contributed by atoms with Crippen LogP contribution in [0.4, 0.5) is 36.8 Å². The lowest BCUT2D eigenvalue weighted by atomic mass is 9.91. The van der Waals surface area contributed by atoms with Crippen molar-refractivity contribution in [2.75, 3.05) is 18.6 Å². The summed E-state index contributed by atoms with van der Waals surface area (Å²) in [6, 6.07) is 3.11. The Bertz CT molecular complexity index is 1050. The molecule has 6 nitrogen and oxygen atoms in total. The van der Waals surface area contributed by atoms with Gasteiger partial charge in [0.15, 0.2) is 11.5 Å². The van der Waals surface area contributed by atoms with Crippen LogP contribution in [0.15, 0.2) is 30.3 Å². The van der Waals surface area contributed by atoms with Crippen molar-refractivity contribution in [2.24, 2.45) is 0 Å². The number of carbonyl (C=O) groups excluding carboxylic acids is 1. The van der Waals surface area contributed by atoms with E-state index in [1.54, 1.807) is 13.8 Å². The van der Waals surface area contributed by atoms with Gasteiger partial charge in [0.05, 0.1) is 30.5 Å². The molecule has 35 heavy (non-hydrogen) atoms. The molecular formula is C23H24F6N2O4. The number of halogens is 6. The summed E-state index contributed by atoms with van der Waals surface area (Å²) in [5.74, 6) is -0.159. The summed E-state index contributed by atoms with van der Waals surface area (Å²) in [5, 5.41) is 13.3. The average Bonchev–Trinajstić information content (AvgIpc) is 2.76. The van der Waals surface area contributed by atoms with Crippen LogP contribution < -0.4 is 15.0 Å². The van der Waals surface area contributed by atoms with Crippen LogP contribution in [0.3, 0.4) is 0 Å². The number of methoxy groups -OCH3 is 1. The highest BCUT2D eigenvalue weighted by Gasteiger charge is 2.38. The first-order valence-electron chi connectivity index (χ1n) is 10.6. The Balaban J connectivity index is 1.98. The van der Waals surface area contributed by atoms with Crippen LogP contribution >= 0.6 is 0 Å². The van der Waals surface area contributed by atoms with Gasteiger partial charge in [-0.3, -0.25) is 4.90 Å². The number of hydrogen-bond donors (Lipinski definition) is 2. The summed E-state index contributed by atoms with van der Waals surface area (Å²) in [5.41, 5.74) is -2.27.